The molecule has 1 saturated carbocycles. The van der Waals surface area contributed by atoms with E-state index in [9.17, 15) is 0 Å². The minimum absolute atomic E-state index is 0.0756. The van der Waals surface area contributed by atoms with Crippen molar-refractivity contribution in [2.75, 3.05) is 0 Å². The van der Waals surface area contributed by atoms with Gasteiger partial charge in [0.15, 0.2) is 0 Å². The Kier molecular flexibility index (Phi) is 4.41. The van der Waals surface area contributed by atoms with Gasteiger partial charge in [0.2, 0.25) is 0 Å². The topological polar surface area (TPSA) is 35.2 Å². The first-order valence-electron chi connectivity index (χ1n) is 5.87. The summed E-state index contributed by atoms with van der Waals surface area (Å²) in [5.74, 6) is 0. The number of nitrogens with two attached hydrogens (primary N) is 1. The molecule has 2 N–H and O–H groups in total. The van der Waals surface area contributed by atoms with Crippen molar-refractivity contribution >= 4 is 27.3 Å². The van der Waals surface area contributed by atoms with Gasteiger partial charge in [0.1, 0.15) is 6.10 Å². The maximum atomic E-state index is 6.15. The smallest absolute Gasteiger partial charge is 0.107 e. The zero-order chi connectivity index (χ0) is 11.5. The summed E-state index contributed by atoms with van der Waals surface area (Å²) in [5, 5.41) is 0. The standard InChI is InChI=1S/C12H18BrNOS/c1-2-9(14)12(15-8-4-3-5-8)10-6-7-11(13)16-10/h6-9,12H,2-5,14H2,1H3. The van der Waals surface area contributed by atoms with E-state index in [1.165, 1.54) is 24.1 Å². The van der Waals surface area contributed by atoms with E-state index >= 15 is 0 Å². The minimum Gasteiger partial charge on any atom is -0.368 e. The van der Waals surface area contributed by atoms with E-state index < -0.39 is 0 Å². The van der Waals surface area contributed by atoms with E-state index in [1.807, 2.05) is 0 Å². The Labute approximate surface area is 109 Å². The van der Waals surface area contributed by atoms with Gasteiger partial charge in [-0.15, -0.1) is 11.3 Å². The van der Waals surface area contributed by atoms with Gasteiger partial charge in [-0.25, -0.2) is 0 Å². The molecule has 0 saturated heterocycles. The molecule has 1 aromatic heterocycles. The summed E-state index contributed by atoms with van der Waals surface area (Å²) in [6.45, 7) is 2.12. The van der Waals surface area contributed by atoms with Crippen LogP contribution < -0.4 is 5.73 Å². The summed E-state index contributed by atoms with van der Waals surface area (Å²) in [4.78, 5) is 1.24. The van der Waals surface area contributed by atoms with E-state index in [1.54, 1.807) is 11.3 Å². The molecule has 0 amide bonds. The second-order valence-corrected chi connectivity index (χ2v) is 6.82. The van der Waals surface area contributed by atoms with E-state index in [-0.39, 0.29) is 12.1 Å². The Balaban J connectivity index is 2.06. The molecule has 0 radical (unpaired) electrons. The van der Waals surface area contributed by atoms with Gasteiger partial charge in [-0.1, -0.05) is 6.92 Å². The molecular weight excluding hydrogens is 286 g/mol. The van der Waals surface area contributed by atoms with Crippen LogP contribution in [0, 0.1) is 0 Å². The SMILES string of the molecule is CCC(N)C(OC1CCC1)c1ccc(Br)s1. The lowest BCUT2D eigenvalue weighted by Crippen LogP contribution is -2.34. The summed E-state index contributed by atoms with van der Waals surface area (Å²) in [5.41, 5.74) is 6.15. The lowest BCUT2D eigenvalue weighted by molar-refractivity contribution is -0.0622. The number of hydrogen-bond acceptors (Lipinski definition) is 3. The zero-order valence-electron chi connectivity index (χ0n) is 9.49. The molecule has 2 nitrogen and oxygen atoms in total. The van der Waals surface area contributed by atoms with Gasteiger partial charge in [0.25, 0.3) is 0 Å². The lowest BCUT2D eigenvalue weighted by atomic mass is 9.95. The van der Waals surface area contributed by atoms with Crippen molar-refractivity contribution in [3.05, 3.63) is 20.8 Å². The van der Waals surface area contributed by atoms with Crippen molar-refractivity contribution in [2.24, 2.45) is 5.73 Å². The van der Waals surface area contributed by atoms with Gasteiger partial charge in [0, 0.05) is 10.9 Å². The highest BCUT2D eigenvalue weighted by Crippen LogP contribution is 2.35. The molecule has 1 aliphatic rings. The Bertz CT molecular complexity index is 338. The van der Waals surface area contributed by atoms with Crippen LogP contribution in [0.4, 0.5) is 0 Å². The molecular formula is C12H18BrNOS. The van der Waals surface area contributed by atoms with Crippen molar-refractivity contribution in [1.82, 2.24) is 0 Å². The molecule has 1 aromatic rings. The van der Waals surface area contributed by atoms with Crippen molar-refractivity contribution < 1.29 is 4.74 Å². The molecule has 0 spiro atoms. The molecule has 1 aliphatic carbocycles. The fourth-order valence-electron chi connectivity index (χ4n) is 1.79. The van der Waals surface area contributed by atoms with E-state index in [0.29, 0.717) is 6.10 Å². The fraction of sp³-hybridized carbons (Fsp3) is 0.667. The van der Waals surface area contributed by atoms with E-state index in [0.717, 1.165) is 10.2 Å². The van der Waals surface area contributed by atoms with Gasteiger partial charge < -0.3 is 10.5 Å². The number of ether oxygens (including phenoxy) is 1. The average molecular weight is 304 g/mol. The third-order valence-electron chi connectivity index (χ3n) is 3.13. The zero-order valence-corrected chi connectivity index (χ0v) is 11.9. The third-order valence-corrected chi connectivity index (χ3v) is 4.81. The molecule has 1 heterocycles. The Morgan fingerprint density at radius 1 is 1.56 bits per heavy atom. The molecule has 0 bridgehead atoms. The van der Waals surface area contributed by atoms with Crippen LogP contribution in [0.25, 0.3) is 0 Å². The number of halogens is 1. The van der Waals surface area contributed by atoms with Crippen LogP contribution in [0.5, 0.6) is 0 Å². The molecule has 0 aliphatic heterocycles. The first-order chi connectivity index (χ1) is 7.70. The Morgan fingerprint density at radius 2 is 2.31 bits per heavy atom. The predicted molar refractivity (Wildman–Crippen MR) is 71.8 cm³/mol. The molecule has 2 unspecified atom stereocenters. The van der Waals surface area contributed by atoms with Crippen LogP contribution in [0.2, 0.25) is 0 Å². The van der Waals surface area contributed by atoms with Crippen LogP contribution >= 0.6 is 27.3 Å². The van der Waals surface area contributed by atoms with E-state index in [2.05, 4.69) is 35.0 Å². The van der Waals surface area contributed by atoms with Gasteiger partial charge in [-0.2, -0.15) is 0 Å². The van der Waals surface area contributed by atoms with Crippen molar-refractivity contribution in [1.29, 1.82) is 0 Å². The van der Waals surface area contributed by atoms with Crippen LogP contribution in [-0.2, 0) is 4.74 Å². The summed E-state index contributed by atoms with van der Waals surface area (Å²) in [6, 6.07) is 4.29. The average Bonchev–Trinajstić information content (AvgIpc) is 2.62. The highest BCUT2D eigenvalue weighted by Gasteiger charge is 2.27. The predicted octanol–water partition coefficient (Wildman–Crippen LogP) is 3.86. The highest BCUT2D eigenvalue weighted by molar-refractivity contribution is 9.11. The summed E-state index contributed by atoms with van der Waals surface area (Å²) >= 11 is 5.22. The van der Waals surface area contributed by atoms with Crippen molar-refractivity contribution in [2.45, 2.75) is 50.9 Å². The molecule has 2 rings (SSSR count). The van der Waals surface area contributed by atoms with Crippen LogP contribution in [0.15, 0.2) is 15.9 Å². The minimum atomic E-state index is 0.0756. The fourth-order valence-corrected chi connectivity index (χ4v) is 3.33. The van der Waals surface area contributed by atoms with Gasteiger partial charge in [-0.05, 0) is 53.7 Å². The molecule has 2 atom stereocenters. The molecule has 4 heteroatoms. The molecule has 16 heavy (non-hydrogen) atoms. The van der Waals surface area contributed by atoms with Gasteiger partial charge in [-0.3, -0.25) is 0 Å². The summed E-state index contributed by atoms with van der Waals surface area (Å²) in [7, 11) is 0. The number of thiophene rings is 1. The lowest BCUT2D eigenvalue weighted by Gasteiger charge is -2.32. The quantitative estimate of drug-likeness (QED) is 0.896. The molecule has 0 aromatic carbocycles. The van der Waals surface area contributed by atoms with Crippen molar-refractivity contribution in [3.8, 4) is 0 Å². The van der Waals surface area contributed by atoms with Crippen LogP contribution in [0.1, 0.15) is 43.6 Å². The van der Waals surface area contributed by atoms with Gasteiger partial charge >= 0.3 is 0 Å². The van der Waals surface area contributed by atoms with Gasteiger partial charge in [0.05, 0.1) is 9.89 Å². The third kappa shape index (κ3) is 2.86. The van der Waals surface area contributed by atoms with Crippen LogP contribution in [0.3, 0.4) is 0 Å². The summed E-state index contributed by atoms with van der Waals surface area (Å²) in [6.07, 6.45) is 5.15. The maximum absolute atomic E-state index is 6.15. The van der Waals surface area contributed by atoms with Crippen LogP contribution in [-0.4, -0.2) is 12.1 Å². The normalized spacial score (nSPS) is 20.4. The first-order valence-corrected chi connectivity index (χ1v) is 7.48. The monoisotopic (exact) mass is 303 g/mol. The van der Waals surface area contributed by atoms with Crippen molar-refractivity contribution in [3.63, 3.8) is 0 Å². The second-order valence-electron chi connectivity index (χ2n) is 4.32. The Hall–Kier alpha value is 0.1000. The molecule has 1 fully saturated rings. The number of rotatable bonds is 5. The molecule has 90 valence electrons. The maximum Gasteiger partial charge on any atom is 0.107 e. The summed E-state index contributed by atoms with van der Waals surface area (Å²) < 4.78 is 7.25. The Morgan fingerprint density at radius 3 is 2.75 bits per heavy atom. The largest absolute Gasteiger partial charge is 0.368 e. The number of hydrogen-bond donors (Lipinski definition) is 1. The highest BCUT2D eigenvalue weighted by atomic mass is 79.9. The second kappa shape index (κ2) is 5.63. The van der Waals surface area contributed by atoms with E-state index in [4.69, 9.17) is 10.5 Å². The first kappa shape index (κ1) is 12.6.